The first-order valence-electron chi connectivity index (χ1n) is 8.02. The van der Waals surface area contributed by atoms with Crippen LogP contribution in [0.1, 0.15) is 34.1 Å². The number of benzene rings is 1. The van der Waals surface area contributed by atoms with E-state index >= 15 is 0 Å². The highest BCUT2D eigenvalue weighted by molar-refractivity contribution is 7.91. The SMILES string of the molecule is Cc1ccc(S(=O)(=O)[C@H](CNC(=O)C2CC2)c2cccs2)cc1C. The van der Waals surface area contributed by atoms with Crippen molar-refractivity contribution < 1.29 is 13.2 Å². The van der Waals surface area contributed by atoms with Crippen LogP contribution < -0.4 is 5.32 Å². The Labute approximate surface area is 146 Å². The van der Waals surface area contributed by atoms with Gasteiger partial charge in [-0.05, 0) is 61.4 Å². The summed E-state index contributed by atoms with van der Waals surface area (Å²) in [4.78, 5) is 13.0. The predicted molar refractivity (Wildman–Crippen MR) is 95.9 cm³/mol. The van der Waals surface area contributed by atoms with E-state index in [-0.39, 0.29) is 18.4 Å². The van der Waals surface area contributed by atoms with Crippen LogP contribution in [0.25, 0.3) is 0 Å². The molecule has 1 aliphatic carbocycles. The second kappa shape index (κ2) is 6.69. The minimum atomic E-state index is -3.57. The lowest BCUT2D eigenvalue weighted by Crippen LogP contribution is -2.32. The van der Waals surface area contributed by atoms with Crippen molar-refractivity contribution >= 4 is 27.1 Å². The van der Waals surface area contributed by atoms with Crippen LogP contribution in [0.4, 0.5) is 0 Å². The number of carbonyl (C=O) groups is 1. The monoisotopic (exact) mass is 363 g/mol. The maximum Gasteiger partial charge on any atom is 0.223 e. The number of hydrogen-bond acceptors (Lipinski definition) is 4. The number of amides is 1. The number of thiophene rings is 1. The fourth-order valence-corrected chi connectivity index (χ4v) is 5.44. The van der Waals surface area contributed by atoms with Crippen LogP contribution in [0.15, 0.2) is 40.6 Å². The van der Waals surface area contributed by atoms with Gasteiger partial charge in [0.2, 0.25) is 5.91 Å². The standard InChI is InChI=1S/C18H21NO3S2/c1-12-5-8-15(10-13(12)2)24(21,22)17(16-4-3-9-23-16)11-19-18(20)14-6-7-14/h3-5,8-10,14,17H,6-7,11H2,1-2H3,(H,19,20)/t17-/m1/s1. The molecule has 0 radical (unpaired) electrons. The highest BCUT2D eigenvalue weighted by Crippen LogP contribution is 2.33. The van der Waals surface area contributed by atoms with Crippen molar-refractivity contribution in [2.24, 2.45) is 5.92 Å². The van der Waals surface area contributed by atoms with Crippen molar-refractivity contribution in [1.29, 1.82) is 0 Å². The first-order valence-corrected chi connectivity index (χ1v) is 10.4. The molecule has 6 heteroatoms. The maximum atomic E-state index is 13.1. The van der Waals surface area contributed by atoms with Crippen molar-refractivity contribution in [2.75, 3.05) is 6.54 Å². The molecule has 1 aromatic heterocycles. The van der Waals surface area contributed by atoms with Crippen LogP contribution in [0.5, 0.6) is 0 Å². The van der Waals surface area contributed by atoms with Gasteiger partial charge in [-0.2, -0.15) is 0 Å². The van der Waals surface area contributed by atoms with Gasteiger partial charge in [0.25, 0.3) is 0 Å². The molecule has 0 spiro atoms. The fraction of sp³-hybridized carbons (Fsp3) is 0.389. The van der Waals surface area contributed by atoms with Crippen molar-refractivity contribution in [2.45, 2.75) is 36.8 Å². The molecular formula is C18H21NO3S2. The van der Waals surface area contributed by atoms with Crippen molar-refractivity contribution in [3.05, 3.63) is 51.7 Å². The molecule has 0 saturated heterocycles. The van der Waals surface area contributed by atoms with E-state index in [0.29, 0.717) is 4.90 Å². The van der Waals surface area contributed by atoms with Gasteiger partial charge < -0.3 is 5.32 Å². The molecule has 1 atom stereocenters. The summed E-state index contributed by atoms with van der Waals surface area (Å²) in [5.41, 5.74) is 2.01. The number of aryl methyl sites for hydroxylation is 2. The molecule has 1 heterocycles. The largest absolute Gasteiger partial charge is 0.354 e. The van der Waals surface area contributed by atoms with Crippen molar-refractivity contribution in [1.82, 2.24) is 5.32 Å². The van der Waals surface area contributed by atoms with Crippen LogP contribution in [-0.2, 0) is 14.6 Å². The Morgan fingerprint density at radius 3 is 2.58 bits per heavy atom. The fourth-order valence-electron chi connectivity index (χ4n) is 2.58. The smallest absolute Gasteiger partial charge is 0.223 e. The van der Waals surface area contributed by atoms with E-state index in [1.807, 2.05) is 37.4 Å². The van der Waals surface area contributed by atoms with E-state index in [9.17, 15) is 13.2 Å². The molecule has 2 aromatic rings. The van der Waals surface area contributed by atoms with Crippen LogP contribution in [0.2, 0.25) is 0 Å². The molecule has 4 nitrogen and oxygen atoms in total. The van der Waals surface area contributed by atoms with Gasteiger partial charge in [0.15, 0.2) is 9.84 Å². The highest BCUT2D eigenvalue weighted by atomic mass is 32.2. The second-order valence-electron chi connectivity index (χ2n) is 6.31. The van der Waals surface area contributed by atoms with Gasteiger partial charge >= 0.3 is 0 Å². The summed E-state index contributed by atoms with van der Waals surface area (Å²) >= 11 is 1.41. The summed E-state index contributed by atoms with van der Waals surface area (Å²) in [6, 6.07) is 8.86. The zero-order chi connectivity index (χ0) is 17.3. The Kier molecular flexibility index (Phi) is 4.78. The zero-order valence-electron chi connectivity index (χ0n) is 13.8. The molecule has 1 aromatic carbocycles. The van der Waals surface area contributed by atoms with Gasteiger partial charge in [0.1, 0.15) is 5.25 Å². The van der Waals surface area contributed by atoms with Gasteiger partial charge in [0.05, 0.1) is 4.90 Å². The third-order valence-corrected chi connectivity index (χ3v) is 7.67. The number of nitrogens with one attached hydrogen (secondary N) is 1. The first kappa shape index (κ1) is 17.2. The number of rotatable bonds is 6. The lowest BCUT2D eigenvalue weighted by molar-refractivity contribution is -0.122. The van der Waals surface area contributed by atoms with Gasteiger partial charge in [-0.3, -0.25) is 4.79 Å². The summed E-state index contributed by atoms with van der Waals surface area (Å²) < 4.78 is 26.3. The average molecular weight is 364 g/mol. The third kappa shape index (κ3) is 3.54. The molecule has 24 heavy (non-hydrogen) atoms. The van der Waals surface area contributed by atoms with E-state index in [4.69, 9.17) is 0 Å². The van der Waals surface area contributed by atoms with Gasteiger partial charge in [0, 0.05) is 17.3 Å². The van der Waals surface area contributed by atoms with Crippen LogP contribution in [0.3, 0.4) is 0 Å². The van der Waals surface area contributed by atoms with Crippen molar-refractivity contribution in [3.8, 4) is 0 Å². The van der Waals surface area contributed by atoms with E-state index in [2.05, 4.69) is 5.32 Å². The molecule has 1 N–H and O–H groups in total. The molecule has 0 bridgehead atoms. The molecule has 3 rings (SSSR count). The lowest BCUT2D eigenvalue weighted by Gasteiger charge is -2.18. The van der Waals surface area contributed by atoms with E-state index in [1.165, 1.54) is 11.3 Å². The number of hydrogen-bond donors (Lipinski definition) is 1. The minimum Gasteiger partial charge on any atom is -0.354 e. The van der Waals surface area contributed by atoms with E-state index in [0.717, 1.165) is 28.8 Å². The predicted octanol–water partition coefficient (Wildman–Crippen LogP) is 3.41. The summed E-state index contributed by atoms with van der Waals surface area (Å²) in [5, 5.41) is 3.94. The highest BCUT2D eigenvalue weighted by Gasteiger charge is 2.34. The van der Waals surface area contributed by atoms with Gasteiger partial charge in [-0.1, -0.05) is 12.1 Å². The van der Waals surface area contributed by atoms with E-state index in [1.54, 1.807) is 12.1 Å². The zero-order valence-corrected chi connectivity index (χ0v) is 15.4. The maximum absolute atomic E-state index is 13.1. The molecule has 1 saturated carbocycles. The Bertz CT molecular complexity index is 837. The lowest BCUT2D eigenvalue weighted by atomic mass is 10.1. The average Bonchev–Trinajstić information content (AvgIpc) is 3.26. The molecule has 128 valence electrons. The Morgan fingerprint density at radius 1 is 1.25 bits per heavy atom. The van der Waals surface area contributed by atoms with Crippen LogP contribution in [0, 0.1) is 19.8 Å². The van der Waals surface area contributed by atoms with E-state index < -0.39 is 15.1 Å². The summed E-state index contributed by atoms with van der Waals surface area (Å²) in [6.07, 6.45) is 1.80. The quantitative estimate of drug-likeness (QED) is 0.855. The topological polar surface area (TPSA) is 63.2 Å². The number of carbonyl (C=O) groups excluding carboxylic acids is 1. The molecule has 1 aliphatic rings. The second-order valence-corrected chi connectivity index (χ2v) is 9.42. The molecule has 0 aliphatic heterocycles. The normalized spacial score (nSPS) is 15.9. The minimum absolute atomic E-state index is 0.0353. The third-order valence-electron chi connectivity index (χ3n) is 4.45. The molecule has 1 amide bonds. The Hall–Kier alpha value is -1.66. The number of sulfone groups is 1. The molecule has 0 unspecified atom stereocenters. The van der Waals surface area contributed by atoms with Gasteiger partial charge in [-0.25, -0.2) is 8.42 Å². The summed E-state index contributed by atoms with van der Waals surface area (Å²) in [7, 11) is -3.57. The first-order chi connectivity index (χ1) is 11.4. The van der Waals surface area contributed by atoms with Crippen LogP contribution in [-0.4, -0.2) is 20.9 Å². The Balaban J connectivity index is 1.90. The van der Waals surface area contributed by atoms with Gasteiger partial charge in [-0.15, -0.1) is 11.3 Å². The summed E-state index contributed by atoms with van der Waals surface area (Å²) in [6.45, 7) is 3.98. The van der Waals surface area contributed by atoms with Crippen LogP contribution >= 0.6 is 11.3 Å². The van der Waals surface area contributed by atoms with Crippen molar-refractivity contribution in [3.63, 3.8) is 0 Å². The molecule has 1 fully saturated rings. The Morgan fingerprint density at radius 2 is 2.00 bits per heavy atom. The summed E-state index contributed by atoms with van der Waals surface area (Å²) in [5.74, 6) is 0.0325. The molecular weight excluding hydrogens is 342 g/mol.